The number of aryl methyl sites for hydroxylation is 2. The normalized spacial score (nSPS) is 12.7. The van der Waals surface area contributed by atoms with E-state index in [1.54, 1.807) is 60.7 Å². The van der Waals surface area contributed by atoms with E-state index in [0.717, 1.165) is 16.7 Å². The van der Waals surface area contributed by atoms with Gasteiger partial charge in [0.1, 0.15) is 0 Å². The van der Waals surface area contributed by atoms with Crippen molar-refractivity contribution in [3.63, 3.8) is 0 Å². The molecule has 4 aromatic carbocycles. The van der Waals surface area contributed by atoms with Crippen LogP contribution in [0.5, 0.6) is 0 Å². The molecule has 4 aromatic rings. The molecular formula is C33H29NO3S2. The van der Waals surface area contributed by atoms with Crippen molar-refractivity contribution in [1.82, 2.24) is 0 Å². The lowest BCUT2D eigenvalue weighted by atomic mass is 10.2. The summed E-state index contributed by atoms with van der Waals surface area (Å²) in [6, 6.07) is 30.8. The van der Waals surface area contributed by atoms with Gasteiger partial charge in [0.05, 0.1) is 27.9 Å². The molecule has 0 saturated heterocycles. The van der Waals surface area contributed by atoms with Gasteiger partial charge in [-0.05, 0) is 68.0 Å². The van der Waals surface area contributed by atoms with Crippen molar-refractivity contribution >= 4 is 32.6 Å². The fraction of sp³-hybridized carbons (Fsp3) is 0.0909. The molecular weight excluding hydrogens is 523 g/mol. The standard InChI is InChI=1S/C33H29NO3S2/c1-4-29-13-8-9-15-33(29)34(39(36,37)32-22-18-27(3)19-23-32)24-10-14-31(25-28-11-6-5-7-12-28)38(35)30-20-16-26(2)17-21-30/h1,5-23,25H,24H2,2-3H3/b14-10+,31-25-/t38-/m0/s1. The molecule has 1 atom stereocenters. The van der Waals surface area contributed by atoms with Crippen LogP contribution < -0.4 is 4.31 Å². The van der Waals surface area contributed by atoms with E-state index in [9.17, 15) is 12.6 Å². The second-order valence-corrected chi connectivity index (χ2v) is 12.3. The van der Waals surface area contributed by atoms with E-state index >= 15 is 0 Å². The Morgan fingerprint density at radius 1 is 0.846 bits per heavy atom. The minimum absolute atomic E-state index is 0.00781. The molecule has 4 rings (SSSR count). The molecule has 0 bridgehead atoms. The lowest BCUT2D eigenvalue weighted by molar-refractivity contribution is 0.593. The van der Waals surface area contributed by atoms with Crippen LogP contribution in [-0.2, 0) is 20.8 Å². The highest BCUT2D eigenvalue weighted by Gasteiger charge is 2.25. The molecule has 4 nitrogen and oxygen atoms in total. The molecule has 0 aromatic heterocycles. The Morgan fingerprint density at radius 2 is 1.44 bits per heavy atom. The molecule has 0 spiro atoms. The average molecular weight is 552 g/mol. The van der Waals surface area contributed by atoms with E-state index < -0.39 is 20.8 Å². The summed E-state index contributed by atoms with van der Waals surface area (Å²) in [6.45, 7) is 3.87. The molecule has 6 heteroatoms. The molecule has 0 aliphatic heterocycles. The number of rotatable bonds is 9. The van der Waals surface area contributed by atoms with Crippen LogP contribution in [0.15, 0.2) is 130 Å². The summed E-state index contributed by atoms with van der Waals surface area (Å²) in [5, 5.41) is 0. The van der Waals surface area contributed by atoms with Crippen LogP contribution in [0.1, 0.15) is 22.3 Å². The Morgan fingerprint density at radius 3 is 2.08 bits per heavy atom. The van der Waals surface area contributed by atoms with Crippen molar-refractivity contribution in [2.24, 2.45) is 0 Å². The van der Waals surface area contributed by atoms with Gasteiger partial charge in [0.25, 0.3) is 10.0 Å². The zero-order chi connectivity index (χ0) is 27.8. The van der Waals surface area contributed by atoms with Crippen LogP contribution in [-0.4, -0.2) is 19.2 Å². The highest BCUT2D eigenvalue weighted by Crippen LogP contribution is 2.27. The monoisotopic (exact) mass is 551 g/mol. The third-order valence-corrected chi connectivity index (χ3v) is 9.22. The van der Waals surface area contributed by atoms with Gasteiger partial charge in [-0.1, -0.05) is 89.9 Å². The topological polar surface area (TPSA) is 54.5 Å². The summed E-state index contributed by atoms with van der Waals surface area (Å²) >= 11 is 0. The summed E-state index contributed by atoms with van der Waals surface area (Å²) in [5.41, 5.74) is 3.78. The van der Waals surface area contributed by atoms with Gasteiger partial charge in [-0.25, -0.2) is 12.6 Å². The van der Waals surface area contributed by atoms with E-state index in [-0.39, 0.29) is 11.4 Å². The lowest BCUT2D eigenvalue weighted by Crippen LogP contribution is -2.32. The van der Waals surface area contributed by atoms with Crippen LogP contribution in [0, 0.1) is 26.2 Å². The van der Waals surface area contributed by atoms with E-state index in [0.29, 0.717) is 21.1 Å². The second kappa shape index (κ2) is 12.6. The maximum Gasteiger partial charge on any atom is 0.264 e. The fourth-order valence-electron chi connectivity index (χ4n) is 3.92. The molecule has 0 aliphatic rings. The van der Waals surface area contributed by atoms with Crippen molar-refractivity contribution in [3.05, 3.63) is 142 Å². The SMILES string of the molecule is C#Cc1ccccc1N(C/C=C/C(=C/c1ccccc1)[S@@](=O)c1ccc(C)cc1)S(=O)(=O)c1ccc(C)cc1. The van der Waals surface area contributed by atoms with Gasteiger partial charge in [-0.2, -0.15) is 0 Å². The molecule has 0 amide bonds. The van der Waals surface area contributed by atoms with Crippen LogP contribution in [0.3, 0.4) is 0 Å². The van der Waals surface area contributed by atoms with Gasteiger partial charge in [-0.15, -0.1) is 6.42 Å². The summed E-state index contributed by atoms with van der Waals surface area (Å²) < 4.78 is 42.5. The van der Waals surface area contributed by atoms with E-state index in [1.165, 1.54) is 4.31 Å². The predicted molar refractivity (Wildman–Crippen MR) is 161 cm³/mol. The Kier molecular flexibility index (Phi) is 8.98. The van der Waals surface area contributed by atoms with E-state index in [1.807, 2.05) is 74.5 Å². The lowest BCUT2D eigenvalue weighted by Gasteiger charge is -2.24. The van der Waals surface area contributed by atoms with Gasteiger partial charge >= 0.3 is 0 Å². The van der Waals surface area contributed by atoms with Gasteiger partial charge in [0.2, 0.25) is 0 Å². The first kappa shape index (κ1) is 27.8. The molecule has 196 valence electrons. The maximum atomic E-state index is 13.8. The summed E-state index contributed by atoms with van der Waals surface area (Å²) in [4.78, 5) is 1.37. The molecule has 0 saturated carbocycles. The number of para-hydroxylation sites is 1. The third-order valence-electron chi connectivity index (χ3n) is 6.05. The highest BCUT2D eigenvalue weighted by molar-refractivity contribution is 7.92. The van der Waals surface area contributed by atoms with Gasteiger partial charge in [0, 0.05) is 15.4 Å². The Hall–Kier alpha value is -4.18. The van der Waals surface area contributed by atoms with Crippen molar-refractivity contribution in [3.8, 4) is 12.3 Å². The predicted octanol–water partition coefficient (Wildman–Crippen LogP) is 6.89. The first-order valence-corrected chi connectivity index (χ1v) is 15.0. The maximum absolute atomic E-state index is 13.8. The number of hydrogen-bond acceptors (Lipinski definition) is 3. The molecule has 39 heavy (non-hydrogen) atoms. The van der Waals surface area contributed by atoms with Crippen molar-refractivity contribution < 1.29 is 12.6 Å². The van der Waals surface area contributed by atoms with E-state index in [2.05, 4.69) is 5.92 Å². The average Bonchev–Trinajstić information content (AvgIpc) is 2.95. The molecule has 0 aliphatic carbocycles. The molecule has 0 N–H and O–H groups in total. The van der Waals surface area contributed by atoms with Gasteiger partial charge < -0.3 is 0 Å². The quantitative estimate of drug-likeness (QED) is 0.168. The Balaban J connectivity index is 1.75. The van der Waals surface area contributed by atoms with Gasteiger partial charge in [0.15, 0.2) is 0 Å². The third kappa shape index (κ3) is 6.83. The van der Waals surface area contributed by atoms with Crippen LogP contribution in [0.25, 0.3) is 6.08 Å². The number of sulfonamides is 1. The Labute approximate surface area is 233 Å². The number of anilines is 1. The smallest absolute Gasteiger partial charge is 0.261 e. The molecule has 0 radical (unpaired) electrons. The first-order chi connectivity index (χ1) is 18.8. The van der Waals surface area contributed by atoms with Crippen LogP contribution in [0.2, 0.25) is 0 Å². The number of allylic oxidation sites excluding steroid dienone is 1. The number of benzene rings is 4. The summed E-state index contributed by atoms with van der Waals surface area (Å²) in [7, 11) is -5.43. The molecule has 0 heterocycles. The molecule has 0 fully saturated rings. The minimum atomic E-state index is -3.95. The van der Waals surface area contributed by atoms with Crippen molar-refractivity contribution in [1.29, 1.82) is 0 Å². The second-order valence-electron chi connectivity index (χ2n) is 8.95. The van der Waals surface area contributed by atoms with Crippen LogP contribution >= 0.6 is 0 Å². The zero-order valence-corrected chi connectivity index (χ0v) is 23.5. The van der Waals surface area contributed by atoms with Crippen molar-refractivity contribution in [2.75, 3.05) is 10.8 Å². The Bertz CT molecular complexity index is 1660. The number of hydrogen-bond donors (Lipinski definition) is 0. The van der Waals surface area contributed by atoms with Crippen molar-refractivity contribution in [2.45, 2.75) is 23.6 Å². The largest absolute Gasteiger partial charge is 0.264 e. The van der Waals surface area contributed by atoms with Gasteiger partial charge in [-0.3, -0.25) is 4.31 Å². The summed E-state index contributed by atoms with van der Waals surface area (Å²) in [5.74, 6) is 2.59. The van der Waals surface area contributed by atoms with Crippen LogP contribution in [0.4, 0.5) is 5.69 Å². The highest BCUT2D eigenvalue weighted by atomic mass is 32.2. The summed E-state index contributed by atoms with van der Waals surface area (Å²) in [6.07, 6.45) is 11.0. The van der Waals surface area contributed by atoms with E-state index in [4.69, 9.17) is 6.42 Å². The number of nitrogens with zero attached hydrogens (tertiary/aromatic N) is 1. The fourth-order valence-corrected chi connectivity index (χ4v) is 6.47. The first-order valence-electron chi connectivity index (χ1n) is 12.4. The number of terminal acetylenes is 1. The molecule has 0 unspecified atom stereocenters. The minimum Gasteiger partial charge on any atom is -0.261 e. The zero-order valence-electron chi connectivity index (χ0n) is 21.8.